The SMILES string of the molecule is CCCNCc1ccn(Cc2c(F)cccc2F)n1. The Morgan fingerprint density at radius 3 is 2.63 bits per heavy atom. The molecule has 0 fully saturated rings. The van der Waals surface area contributed by atoms with Crippen LogP contribution in [0.2, 0.25) is 0 Å². The first kappa shape index (κ1) is 13.7. The Bertz CT molecular complexity index is 517. The van der Waals surface area contributed by atoms with Crippen molar-refractivity contribution in [3.63, 3.8) is 0 Å². The summed E-state index contributed by atoms with van der Waals surface area (Å²) in [5.41, 5.74) is 0.906. The number of aromatic nitrogens is 2. The van der Waals surface area contributed by atoms with Gasteiger partial charge in [0.2, 0.25) is 0 Å². The van der Waals surface area contributed by atoms with Crippen molar-refractivity contribution < 1.29 is 8.78 Å². The zero-order chi connectivity index (χ0) is 13.7. The molecule has 3 nitrogen and oxygen atoms in total. The minimum Gasteiger partial charge on any atom is -0.311 e. The van der Waals surface area contributed by atoms with Gasteiger partial charge in [-0.2, -0.15) is 5.10 Å². The fraction of sp³-hybridized carbons (Fsp3) is 0.357. The normalized spacial score (nSPS) is 10.9. The van der Waals surface area contributed by atoms with E-state index in [-0.39, 0.29) is 12.1 Å². The van der Waals surface area contributed by atoms with Crippen molar-refractivity contribution in [2.75, 3.05) is 6.54 Å². The maximum Gasteiger partial charge on any atom is 0.131 e. The molecule has 0 bridgehead atoms. The Balaban J connectivity index is 2.03. The summed E-state index contributed by atoms with van der Waals surface area (Å²) < 4.78 is 28.5. The van der Waals surface area contributed by atoms with Crippen LogP contribution in [0.1, 0.15) is 24.6 Å². The van der Waals surface area contributed by atoms with Gasteiger partial charge in [0, 0.05) is 18.3 Å². The van der Waals surface area contributed by atoms with Crippen molar-refractivity contribution in [1.29, 1.82) is 0 Å². The van der Waals surface area contributed by atoms with E-state index in [9.17, 15) is 8.78 Å². The average molecular weight is 265 g/mol. The van der Waals surface area contributed by atoms with Crippen LogP contribution in [0.3, 0.4) is 0 Å². The summed E-state index contributed by atoms with van der Waals surface area (Å²) in [6.07, 6.45) is 2.79. The number of benzene rings is 1. The van der Waals surface area contributed by atoms with Crippen molar-refractivity contribution in [3.8, 4) is 0 Å². The van der Waals surface area contributed by atoms with Gasteiger partial charge in [0.15, 0.2) is 0 Å². The highest BCUT2D eigenvalue weighted by molar-refractivity contribution is 5.20. The van der Waals surface area contributed by atoms with Crippen LogP contribution in [-0.2, 0) is 13.1 Å². The Morgan fingerprint density at radius 2 is 1.95 bits per heavy atom. The van der Waals surface area contributed by atoms with Gasteiger partial charge in [-0.15, -0.1) is 0 Å². The van der Waals surface area contributed by atoms with Gasteiger partial charge < -0.3 is 5.32 Å². The molecule has 0 aliphatic carbocycles. The van der Waals surface area contributed by atoms with Crippen molar-refractivity contribution in [1.82, 2.24) is 15.1 Å². The molecule has 0 spiro atoms. The van der Waals surface area contributed by atoms with E-state index in [1.54, 1.807) is 10.9 Å². The van der Waals surface area contributed by atoms with Gasteiger partial charge in [-0.25, -0.2) is 8.78 Å². The number of nitrogens with one attached hydrogen (secondary N) is 1. The smallest absolute Gasteiger partial charge is 0.131 e. The van der Waals surface area contributed by atoms with Gasteiger partial charge >= 0.3 is 0 Å². The second-order valence-electron chi connectivity index (χ2n) is 4.38. The maximum atomic E-state index is 13.5. The molecule has 1 aromatic carbocycles. The lowest BCUT2D eigenvalue weighted by Crippen LogP contribution is -2.14. The first-order valence-corrected chi connectivity index (χ1v) is 6.36. The first-order valence-electron chi connectivity index (χ1n) is 6.36. The van der Waals surface area contributed by atoms with Crippen LogP contribution >= 0.6 is 0 Å². The predicted molar refractivity (Wildman–Crippen MR) is 69.7 cm³/mol. The molecule has 0 aliphatic rings. The molecule has 2 aromatic rings. The van der Waals surface area contributed by atoms with Gasteiger partial charge in [-0.3, -0.25) is 4.68 Å². The minimum absolute atomic E-state index is 0.0404. The van der Waals surface area contributed by atoms with E-state index in [0.717, 1.165) is 18.7 Å². The monoisotopic (exact) mass is 265 g/mol. The maximum absolute atomic E-state index is 13.5. The lowest BCUT2D eigenvalue weighted by molar-refractivity contribution is 0.530. The largest absolute Gasteiger partial charge is 0.311 e. The number of rotatable bonds is 6. The highest BCUT2D eigenvalue weighted by Crippen LogP contribution is 2.13. The second kappa shape index (κ2) is 6.43. The van der Waals surface area contributed by atoms with Gasteiger partial charge in [0.05, 0.1) is 12.2 Å². The molecule has 0 saturated heterocycles. The highest BCUT2D eigenvalue weighted by Gasteiger charge is 2.09. The third kappa shape index (κ3) is 3.61. The number of hydrogen-bond donors (Lipinski definition) is 1. The summed E-state index contributed by atoms with van der Waals surface area (Å²) in [6.45, 7) is 3.79. The quantitative estimate of drug-likeness (QED) is 0.814. The van der Waals surface area contributed by atoms with E-state index >= 15 is 0 Å². The third-order valence-corrected chi connectivity index (χ3v) is 2.81. The van der Waals surface area contributed by atoms with E-state index in [1.165, 1.54) is 18.2 Å². The molecule has 19 heavy (non-hydrogen) atoms. The fourth-order valence-electron chi connectivity index (χ4n) is 1.82. The van der Waals surface area contributed by atoms with E-state index in [2.05, 4.69) is 17.3 Å². The van der Waals surface area contributed by atoms with Crippen molar-refractivity contribution in [2.45, 2.75) is 26.4 Å². The molecule has 0 unspecified atom stereocenters. The third-order valence-electron chi connectivity index (χ3n) is 2.81. The standard InChI is InChI=1S/C14H17F2N3/c1-2-7-17-9-11-6-8-19(18-11)10-12-13(15)4-3-5-14(12)16/h3-6,8,17H,2,7,9-10H2,1H3. The van der Waals surface area contributed by atoms with Crippen LogP contribution in [0, 0.1) is 11.6 Å². The van der Waals surface area contributed by atoms with Crippen LogP contribution in [-0.4, -0.2) is 16.3 Å². The molecule has 0 aliphatic heterocycles. The van der Waals surface area contributed by atoms with Gasteiger partial charge in [0.1, 0.15) is 11.6 Å². The number of nitrogens with zero attached hydrogens (tertiary/aromatic N) is 2. The van der Waals surface area contributed by atoms with Crippen molar-refractivity contribution >= 4 is 0 Å². The molecule has 1 aromatic heterocycles. The number of hydrogen-bond acceptors (Lipinski definition) is 2. The zero-order valence-electron chi connectivity index (χ0n) is 10.9. The molecular weight excluding hydrogens is 248 g/mol. The first-order chi connectivity index (χ1) is 9.20. The van der Waals surface area contributed by atoms with E-state index in [4.69, 9.17) is 0 Å². The molecule has 1 N–H and O–H groups in total. The van der Waals surface area contributed by atoms with E-state index in [0.29, 0.717) is 6.54 Å². The Morgan fingerprint density at radius 1 is 1.21 bits per heavy atom. The molecule has 0 radical (unpaired) electrons. The van der Waals surface area contributed by atoms with Gasteiger partial charge in [-0.05, 0) is 31.2 Å². The molecule has 0 saturated carbocycles. The Labute approximate surface area is 111 Å². The predicted octanol–water partition coefficient (Wildman–Crippen LogP) is 2.71. The number of halogens is 2. The lowest BCUT2D eigenvalue weighted by Gasteiger charge is -2.05. The molecule has 2 rings (SSSR count). The van der Waals surface area contributed by atoms with Gasteiger partial charge in [0.25, 0.3) is 0 Å². The summed E-state index contributed by atoms with van der Waals surface area (Å²) in [6, 6.07) is 5.72. The van der Waals surface area contributed by atoms with E-state index in [1.807, 2.05) is 6.07 Å². The topological polar surface area (TPSA) is 29.9 Å². The van der Waals surface area contributed by atoms with Crippen LogP contribution < -0.4 is 5.32 Å². The van der Waals surface area contributed by atoms with Crippen molar-refractivity contribution in [3.05, 3.63) is 53.4 Å². The van der Waals surface area contributed by atoms with Crippen LogP contribution in [0.25, 0.3) is 0 Å². The molecule has 102 valence electrons. The zero-order valence-corrected chi connectivity index (χ0v) is 10.9. The van der Waals surface area contributed by atoms with Crippen molar-refractivity contribution in [2.24, 2.45) is 0 Å². The van der Waals surface area contributed by atoms with Crippen LogP contribution in [0.4, 0.5) is 8.78 Å². The average Bonchev–Trinajstić information content (AvgIpc) is 2.82. The Kier molecular flexibility index (Phi) is 4.63. The summed E-state index contributed by atoms with van der Waals surface area (Å²) in [5.74, 6) is -1.08. The summed E-state index contributed by atoms with van der Waals surface area (Å²) in [4.78, 5) is 0. The minimum atomic E-state index is -0.541. The van der Waals surface area contributed by atoms with Crippen LogP contribution in [0.5, 0.6) is 0 Å². The summed E-state index contributed by atoms with van der Waals surface area (Å²) in [5, 5.41) is 7.51. The molecule has 5 heteroatoms. The fourth-order valence-corrected chi connectivity index (χ4v) is 1.82. The van der Waals surface area contributed by atoms with Crippen LogP contribution in [0.15, 0.2) is 30.5 Å². The lowest BCUT2D eigenvalue weighted by atomic mass is 10.2. The molecular formula is C14H17F2N3. The highest BCUT2D eigenvalue weighted by atomic mass is 19.1. The molecule has 0 atom stereocenters. The summed E-state index contributed by atoms with van der Waals surface area (Å²) >= 11 is 0. The Hall–Kier alpha value is -1.75. The second-order valence-corrected chi connectivity index (χ2v) is 4.38. The van der Waals surface area contributed by atoms with Gasteiger partial charge in [-0.1, -0.05) is 13.0 Å². The summed E-state index contributed by atoms with van der Waals surface area (Å²) in [7, 11) is 0. The van der Waals surface area contributed by atoms with E-state index < -0.39 is 11.6 Å². The molecule has 1 heterocycles. The molecule has 0 amide bonds.